The van der Waals surface area contributed by atoms with Crippen LogP contribution in [0.2, 0.25) is 0 Å². The van der Waals surface area contributed by atoms with Gasteiger partial charge >= 0.3 is 0 Å². The molecule has 0 aliphatic rings. The van der Waals surface area contributed by atoms with Crippen molar-refractivity contribution in [3.05, 3.63) is 23.8 Å². The van der Waals surface area contributed by atoms with E-state index in [1.54, 1.807) is 12.1 Å². The minimum Gasteiger partial charge on any atom is -0.508 e. The van der Waals surface area contributed by atoms with E-state index in [1.165, 1.54) is 6.07 Å². The fraction of sp³-hybridized carbons (Fsp3) is 0.500. The van der Waals surface area contributed by atoms with Gasteiger partial charge in [-0.25, -0.2) is 0 Å². The third-order valence-corrected chi connectivity index (χ3v) is 2.27. The molecule has 0 heterocycles. The Hall–Kier alpha value is -1.26. The molecule has 4 heteroatoms. The Kier molecular flexibility index (Phi) is 5.08. The molecule has 0 spiro atoms. The summed E-state index contributed by atoms with van der Waals surface area (Å²) in [7, 11) is 0. The van der Waals surface area contributed by atoms with Crippen molar-refractivity contribution in [3.63, 3.8) is 0 Å². The maximum absolute atomic E-state index is 9.53. The van der Waals surface area contributed by atoms with Gasteiger partial charge in [0, 0.05) is 31.3 Å². The summed E-state index contributed by atoms with van der Waals surface area (Å²) in [6.07, 6.45) is 0.157. The first-order valence-corrected chi connectivity index (χ1v) is 5.46. The highest BCUT2D eigenvalue weighted by molar-refractivity contribution is 5.38. The number of nitrogens with one attached hydrogen (secondary N) is 1. The molecule has 1 unspecified atom stereocenters. The number of aromatic hydroxyl groups is 2. The van der Waals surface area contributed by atoms with Crippen LogP contribution in [-0.4, -0.2) is 29.5 Å². The number of hydrogen-bond acceptors (Lipinski definition) is 4. The third-order valence-electron chi connectivity index (χ3n) is 2.27. The summed E-state index contributed by atoms with van der Waals surface area (Å²) in [5, 5.41) is 21.8. The van der Waals surface area contributed by atoms with Crippen molar-refractivity contribution in [2.24, 2.45) is 0 Å². The van der Waals surface area contributed by atoms with Crippen LogP contribution in [0.3, 0.4) is 0 Å². The van der Waals surface area contributed by atoms with Crippen LogP contribution in [-0.2, 0) is 11.3 Å². The Morgan fingerprint density at radius 2 is 2.12 bits per heavy atom. The Bertz CT molecular complexity index is 328. The monoisotopic (exact) mass is 225 g/mol. The molecule has 0 radical (unpaired) electrons. The molecular weight excluding hydrogens is 206 g/mol. The predicted octanol–water partition coefficient (Wildman–Crippen LogP) is 1.61. The minimum atomic E-state index is 0.0731. The van der Waals surface area contributed by atoms with Crippen molar-refractivity contribution in [2.45, 2.75) is 26.5 Å². The Morgan fingerprint density at radius 1 is 1.38 bits per heavy atom. The third kappa shape index (κ3) is 4.08. The zero-order valence-electron chi connectivity index (χ0n) is 9.73. The van der Waals surface area contributed by atoms with Gasteiger partial charge in [-0.3, -0.25) is 0 Å². The molecule has 1 atom stereocenters. The Labute approximate surface area is 95.9 Å². The van der Waals surface area contributed by atoms with Crippen LogP contribution in [0.5, 0.6) is 11.5 Å². The lowest BCUT2D eigenvalue weighted by atomic mass is 10.2. The van der Waals surface area contributed by atoms with Crippen LogP contribution in [0.15, 0.2) is 18.2 Å². The molecule has 3 N–H and O–H groups in total. The Morgan fingerprint density at radius 3 is 2.75 bits per heavy atom. The van der Waals surface area contributed by atoms with Crippen molar-refractivity contribution >= 4 is 0 Å². The summed E-state index contributed by atoms with van der Waals surface area (Å²) in [4.78, 5) is 0. The van der Waals surface area contributed by atoms with Gasteiger partial charge in [0.15, 0.2) is 0 Å². The quantitative estimate of drug-likeness (QED) is 0.688. The first kappa shape index (κ1) is 12.8. The molecule has 0 aliphatic carbocycles. The molecule has 4 nitrogen and oxygen atoms in total. The molecule has 0 aliphatic heterocycles. The average molecular weight is 225 g/mol. The lowest BCUT2D eigenvalue weighted by Crippen LogP contribution is -2.26. The predicted molar refractivity (Wildman–Crippen MR) is 62.6 cm³/mol. The fourth-order valence-corrected chi connectivity index (χ4v) is 1.46. The van der Waals surface area contributed by atoms with E-state index >= 15 is 0 Å². The summed E-state index contributed by atoms with van der Waals surface area (Å²) < 4.78 is 5.36. The second-order valence-corrected chi connectivity index (χ2v) is 3.71. The van der Waals surface area contributed by atoms with E-state index < -0.39 is 0 Å². The van der Waals surface area contributed by atoms with Gasteiger partial charge in [-0.2, -0.15) is 0 Å². The van der Waals surface area contributed by atoms with Crippen molar-refractivity contribution in [1.29, 1.82) is 0 Å². The largest absolute Gasteiger partial charge is 0.508 e. The molecule has 1 aromatic rings. The first-order chi connectivity index (χ1) is 7.63. The summed E-state index contributed by atoms with van der Waals surface area (Å²) in [5.74, 6) is 0.181. The standard InChI is InChI=1S/C12H19NO3/c1-3-16-9(2)7-13-8-10-4-5-11(14)6-12(10)15/h4-6,9,13-15H,3,7-8H2,1-2H3. The maximum atomic E-state index is 9.53. The van der Waals surface area contributed by atoms with Crippen molar-refractivity contribution in [2.75, 3.05) is 13.2 Å². The van der Waals surface area contributed by atoms with Gasteiger partial charge in [-0.05, 0) is 19.9 Å². The molecular formula is C12H19NO3. The summed E-state index contributed by atoms with van der Waals surface area (Å²) in [6, 6.07) is 4.59. The van der Waals surface area contributed by atoms with Crippen LogP contribution in [0.4, 0.5) is 0 Å². The van der Waals surface area contributed by atoms with Gasteiger partial charge in [0.25, 0.3) is 0 Å². The normalized spacial score (nSPS) is 12.6. The summed E-state index contributed by atoms with van der Waals surface area (Å²) >= 11 is 0. The molecule has 16 heavy (non-hydrogen) atoms. The lowest BCUT2D eigenvalue weighted by Gasteiger charge is -2.13. The van der Waals surface area contributed by atoms with Crippen LogP contribution in [0.25, 0.3) is 0 Å². The molecule has 1 aromatic carbocycles. The van der Waals surface area contributed by atoms with Crippen molar-refractivity contribution in [1.82, 2.24) is 5.32 Å². The van der Waals surface area contributed by atoms with Crippen LogP contribution in [0.1, 0.15) is 19.4 Å². The fourth-order valence-electron chi connectivity index (χ4n) is 1.46. The van der Waals surface area contributed by atoms with Crippen LogP contribution < -0.4 is 5.32 Å². The molecule has 0 amide bonds. The van der Waals surface area contributed by atoms with E-state index in [1.807, 2.05) is 13.8 Å². The van der Waals surface area contributed by atoms with E-state index in [2.05, 4.69) is 5.32 Å². The summed E-state index contributed by atoms with van der Waals surface area (Å²) in [6.45, 7) is 5.94. The summed E-state index contributed by atoms with van der Waals surface area (Å²) in [5.41, 5.74) is 0.765. The van der Waals surface area contributed by atoms with Crippen molar-refractivity contribution in [3.8, 4) is 11.5 Å². The number of rotatable bonds is 6. The molecule has 0 saturated carbocycles. The van der Waals surface area contributed by atoms with E-state index in [4.69, 9.17) is 9.84 Å². The van der Waals surface area contributed by atoms with Gasteiger partial charge < -0.3 is 20.3 Å². The molecule has 0 bridgehead atoms. The highest BCUT2D eigenvalue weighted by Crippen LogP contribution is 2.22. The SMILES string of the molecule is CCOC(C)CNCc1ccc(O)cc1O. The number of benzene rings is 1. The molecule has 0 fully saturated rings. The number of ether oxygens (including phenoxy) is 1. The second-order valence-electron chi connectivity index (χ2n) is 3.71. The highest BCUT2D eigenvalue weighted by Gasteiger charge is 2.03. The van der Waals surface area contributed by atoms with Gasteiger partial charge in [0.05, 0.1) is 6.10 Å². The lowest BCUT2D eigenvalue weighted by molar-refractivity contribution is 0.0759. The molecule has 0 saturated heterocycles. The van der Waals surface area contributed by atoms with Gasteiger partial charge in [0.2, 0.25) is 0 Å². The smallest absolute Gasteiger partial charge is 0.123 e. The topological polar surface area (TPSA) is 61.7 Å². The van der Waals surface area contributed by atoms with E-state index in [9.17, 15) is 5.11 Å². The molecule has 90 valence electrons. The minimum absolute atomic E-state index is 0.0731. The van der Waals surface area contributed by atoms with E-state index in [0.717, 1.165) is 12.1 Å². The van der Waals surface area contributed by atoms with Gasteiger partial charge in [-0.15, -0.1) is 0 Å². The number of phenolic OH excluding ortho intramolecular Hbond substituents is 2. The maximum Gasteiger partial charge on any atom is 0.123 e. The first-order valence-electron chi connectivity index (χ1n) is 5.46. The van der Waals surface area contributed by atoms with Crippen molar-refractivity contribution < 1.29 is 14.9 Å². The molecule has 0 aromatic heterocycles. The van der Waals surface area contributed by atoms with E-state index in [-0.39, 0.29) is 17.6 Å². The number of phenols is 2. The van der Waals surface area contributed by atoms with Gasteiger partial charge in [-0.1, -0.05) is 6.07 Å². The average Bonchev–Trinajstić information content (AvgIpc) is 2.22. The second kappa shape index (κ2) is 6.35. The van der Waals surface area contributed by atoms with Gasteiger partial charge in [0.1, 0.15) is 11.5 Å². The van der Waals surface area contributed by atoms with Crippen LogP contribution in [0, 0.1) is 0 Å². The Balaban J connectivity index is 2.37. The van der Waals surface area contributed by atoms with E-state index in [0.29, 0.717) is 13.2 Å². The number of hydrogen-bond donors (Lipinski definition) is 3. The zero-order valence-corrected chi connectivity index (χ0v) is 9.73. The molecule has 1 rings (SSSR count). The van der Waals surface area contributed by atoms with Crippen LogP contribution >= 0.6 is 0 Å². The highest BCUT2D eigenvalue weighted by atomic mass is 16.5. The zero-order chi connectivity index (χ0) is 12.0.